The number of fused-ring (bicyclic) bond motifs is 3. The normalized spacial score (nSPS) is 13.2. The number of aryl methyl sites for hydroxylation is 1. The van der Waals surface area contributed by atoms with Crippen LogP contribution in [0.25, 0.3) is 11.1 Å². The van der Waals surface area contributed by atoms with Gasteiger partial charge in [0, 0.05) is 24.4 Å². The topological polar surface area (TPSA) is 66.8 Å². The van der Waals surface area contributed by atoms with E-state index < -0.39 is 18.1 Å². The molecule has 5 nitrogen and oxygen atoms in total. The number of aliphatic carboxylic acids is 1. The van der Waals surface area contributed by atoms with Gasteiger partial charge in [0.2, 0.25) is 0 Å². The molecule has 0 aliphatic heterocycles. The fourth-order valence-electron chi connectivity index (χ4n) is 4.20. The van der Waals surface area contributed by atoms with Gasteiger partial charge in [-0.3, -0.25) is 4.90 Å². The van der Waals surface area contributed by atoms with Gasteiger partial charge in [0.15, 0.2) is 0 Å². The zero-order valence-electron chi connectivity index (χ0n) is 17.9. The number of amides is 1. The van der Waals surface area contributed by atoms with E-state index in [-0.39, 0.29) is 18.9 Å². The van der Waals surface area contributed by atoms with Crippen molar-refractivity contribution in [3.8, 4) is 11.1 Å². The molecule has 164 valence electrons. The van der Waals surface area contributed by atoms with Gasteiger partial charge in [-0.2, -0.15) is 0 Å². The number of hydrogen-bond donors (Lipinski definition) is 1. The highest BCUT2D eigenvalue weighted by atomic mass is 35.5. The fourth-order valence-corrected chi connectivity index (χ4v) is 4.40. The van der Waals surface area contributed by atoms with Crippen molar-refractivity contribution in [1.29, 1.82) is 0 Å². The lowest BCUT2D eigenvalue weighted by atomic mass is 9.98. The highest BCUT2D eigenvalue weighted by molar-refractivity contribution is 6.31. The minimum Gasteiger partial charge on any atom is -0.480 e. The van der Waals surface area contributed by atoms with Crippen molar-refractivity contribution < 1.29 is 19.4 Å². The molecule has 0 saturated heterocycles. The maximum atomic E-state index is 12.8. The summed E-state index contributed by atoms with van der Waals surface area (Å²) in [7, 11) is 1.45. The number of carbonyl (C=O) groups excluding carboxylic acids is 1. The van der Waals surface area contributed by atoms with E-state index in [1.54, 1.807) is 6.07 Å². The quantitative estimate of drug-likeness (QED) is 0.537. The molecule has 4 rings (SSSR count). The van der Waals surface area contributed by atoms with Crippen LogP contribution in [0.4, 0.5) is 4.79 Å². The third-order valence-corrected chi connectivity index (χ3v) is 6.45. The maximum absolute atomic E-state index is 12.8. The van der Waals surface area contributed by atoms with E-state index in [2.05, 4.69) is 12.1 Å². The predicted molar refractivity (Wildman–Crippen MR) is 124 cm³/mol. The van der Waals surface area contributed by atoms with Crippen molar-refractivity contribution in [2.24, 2.45) is 0 Å². The SMILES string of the molecule is Cc1ccc(C[C@@H](C(=O)O)N(C)C(=O)OCC2c3ccccc3-c3ccccc32)cc1Cl. The Morgan fingerprint density at radius 1 is 1.03 bits per heavy atom. The van der Waals surface area contributed by atoms with Gasteiger partial charge in [-0.1, -0.05) is 72.3 Å². The van der Waals surface area contributed by atoms with Crippen LogP contribution in [-0.2, 0) is 16.0 Å². The number of rotatable bonds is 6. The largest absolute Gasteiger partial charge is 0.480 e. The highest BCUT2D eigenvalue weighted by Crippen LogP contribution is 2.44. The van der Waals surface area contributed by atoms with Gasteiger partial charge in [0.25, 0.3) is 0 Å². The standard InChI is InChI=1S/C26H24ClNO4/c1-16-11-12-17(13-23(16)27)14-24(25(29)30)28(2)26(31)32-15-22-20-9-5-3-7-18(20)19-8-4-6-10-21(19)22/h3-13,22,24H,14-15H2,1-2H3,(H,29,30)/t24-/m0/s1. The first-order chi connectivity index (χ1) is 15.4. The van der Waals surface area contributed by atoms with Crippen LogP contribution in [0.3, 0.4) is 0 Å². The molecule has 1 aliphatic carbocycles. The molecule has 3 aromatic carbocycles. The first-order valence-corrected chi connectivity index (χ1v) is 10.8. The molecule has 0 saturated carbocycles. The minimum absolute atomic E-state index is 0.0843. The lowest BCUT2D eigenvalue weighted by molar-refractivity contribution is -0.142. The number of likely N-dealkylation sites (N-methyl/N-ethyl adjacent to an activating group) is 1. The van der Waals surface area contributed by atoms with Crippen molar-refractivity contribution in [2.75, 3.05) is 13.7 Å². The van der Waals surface area contributed by atoms with Crippen LogP contribution in [0, 0.1) is 6.92 Å². The smallest absolute Gasteiger partial charge is 0.410 e. The Kier molecular flexibility index (Phi) is 6.19. The van der Waals surface area contributed by atoms with Gasteiger partial charge < -0.3 is 9.84 Å². The molecule has 0 unspecified atom stereocenters. The summed E-state index contributed by atoms with van der Waals surface area (Å²) in [6.07, 6.45) is -0.534. The summed E-state index contributed by atoms with van der Waals surface area (Å²) < 4.78 is 5.61. The molecular weight excluding hydrogens is 426 g/mol. The number of carbonyl (C=O) groups is 2. The van der Waals surface area contributed by atoms with Crippen molar-refractivity contribution in [2.45, 2.75) is 25.3 Å². The molecule has 1 atom stereocenters. The zero-order valence-corrected chi connectivity index (χ0v) is 18.7. The zero-order chi connectivity index (χ0) is 22.8. The summed E-state index contributed by atoms with van der Waals surface area (Å²) in [6.45, 7) is 2.02. The van der Waals surface area contributed by atoms with Gasteiger partial charge in [0.05, 0.1) is 0 Å². The second-order valence-electron chi connectivity index (χ2n) is 8.06. The molecule has 0 aromatic heterocycles. The Morgan fingerprint density at radius 2 is 1.62 bits per heavy atom. The number of carboxylic acid groups (broad SMARTS) is 1. The maximum Gasteiger partial charge on any atom is 0.410 e. The highest BCUT2D eigenvalue weighted by Gasteiger charge is 2.32. The van der Waals surface area contributed by atoms with Crippen LogP contribution in [0.2, 0.25) is 5.02 Å². The molecule has 0 fully saturated rings. The van der Waals surface area contributed by atoms with Crippen LogP contribution in [0.1, 0.15) is 28.2 Å². The van der Waals surface area contributed by atoms with Crippen molar-refractivity contribution in [3.63, 3.8) is 0 Å². The number of hydrogen-bond acceptors (Lipinski definition) is 3. The third-order valence-electron chi connectivity index (χ3n) is 6.04. The molecule has 0 bridgehead atoms. The average Bonchev–Trinajstić information content (AvgIpc) is 3.11. The van der Waals surface area contributed by atoms with Gasteiger partial charge in [-0.05, 0) is 46.4 Å². The molecule has 1 aliphatic rings. The van der Waals surface area contributed by atoms with Crippen LogP contribution < -0.4 is 0 Å². The predicted octanol–water partition coefficient (Wildman–Crippen LogP) is 5.53. The van der Waals surface area contributed by atoms with E-state index in [0.717, 1.165) is 38.3 Å². The first-order valence-electron chi connectivity index (χ1n) is 10.4. The molecule has 1 N–H and O–H groups in total. The van der Waals surface area contributed by atoms with Gasteiger partial charge in [0.1, 0.15) is 12.6 Å². The summed E-state index contributed by atoms with van der Waals surface area (Å²) in [5, 5.41) is 10.3. The lowest BCUT2D eigenvalue weighted by Gasteiger charge is -2.25. The van der Waals surface area contributed by atoms with Crippen LogP contribution in [-0.4, -0.2) is 41.8 Å². The van der Waals surface area contributed by atoms with Crippen LogP contribution in [0.15, 0.2) is 66.7 Å². The van der Waals surface area contributed by atoms with E-state index >= 15 is 0 Å². The molecule has 0 spiro atoms. The molecule has 3 aromatic rings. The average molecular weight is 450 g/mol. The summed E-state index contributed by atoms with van der Waals surface area (Å²) in [5.74, 6) is -1.18. The molecule has 1 amide bonds. The summed E-state index contributed by atoms with van der Waals surface area (Å²) in [6, 6.07) is 20.5. The summed E-state index contributed by atoms with van der Waals surface area (Å²) in [5.41, 5.74) is 6.13. The number of benzene rings is 3. The Bertz CT molecular complexity index is 1130. The molecule has 32 heavy (non-hydrogen) atoms. The monoisotopic (exact) mass is 449 g/mol. The minimum atomic E-state index is -1.10. The third kappa shape index (κ3) is 4.21. The number of carboxylic acids is 1. The van der Waals surface area contributed by atoms with Crippen molar-refractivity contribution in [3.05, 3.63) is 94.0 Å². The van der Waals surface area contributed by atoms with Gasteiger partial charge in [-0.15, -0.1) is 0 Å². The van der Waals surface area contributed by atoms with E-state index in [1.165, 1.54) is 7.05 Å². The number of nitrogens with zero attached hydrogens (tertiary/aromatic N) is 1. The van der Waals surface area contributed by atoms with Crippen LogP contribution in [0.5, 0.6) is 0 Å². The lowest BCUT2D eigenvalue weighted by Crippen LogP contribution is -2.44. The molecule has 6 heteroatoms. The molecule has 0 radical (unpaired) electrons. The Labute approximate surface area is 192 Å². The van der Waals surface area contributed by atoms with Gasteiger partial charge >= 0.3 is 12.1 Å². The van der Waals surface area contributed by atoms with E-state index in [0.29, 0.717) is 5.02 Å². The van der Waals surface area contributed by atoms with E-state index in [4.69, 9.17) is 16.3 Å². The van der Waals surface area contributed by atoms with Crippen molar-refractivity contribution >= 4 is 23.7 Å². The summed E-state index contributed by atoms with van der Waals surface area (Å²) >= 11 is 6.17. The Balaban J connectivity index is 1.48. The molecular formula is C26H24ClNO4. The first kappa shape index (κ1) is 21.9. The van der Waals surface area contributed by atoms with E-state index in [1.807, 2.05) is 55.5 Å². The van der Waals surface area contributed by atoms with Crippen LogP contribution >= 0.6 is 11.6 Å². The van der Waals surface area contributed by atoms with Crippen molar-refractivity contribution in [1.82, 2.24) is 4.90 Å². The van der Waals surface area contributed by atoms with Gasteiger partial charge in [-0.25, -0.2) is 9.59 Å². The fraction of sp³-hybridized carbons (Fsp3) is 0.231. The molecule has 0 heterocycles. The Morgan fingerprint density at radius 3 is 2.19 bits per heavy atom. The Hall–Kier alpha value is -3.31. The van der Waals surface area contributed by atoms with E-state index in [9.17, 15) is 14.7 Å². The second-order valence-corrected chi connectivity index (χ2v) is 8.46. The summed E-state index contributed by atoms with van der Waals surface area (Å²) in [4.78, 5) is 25.8. The second kappa shape index (κ2) is 9.05. The number of halogens is 1. The number of ether oxygens (including phenoxy) is 1.